The van der Waals surface area contributed by atoms with Gasteiger partial charge in [-0.2, -0.15) is 0 Å². The molecule has 2 atom stereocenters. The highest BCUT2D eigenvalue weighted by Gasteiger charge is 2.34. The molecular formula is C30H31ClFN7O. The molecule has 1 amide bonds. The number of aromatic nitrogens is 2. The minimum absolute atomic E-state index is 0.159. The van der Waals surface area contributed by atoms with Crippen molar-refractivity contribution in [3.8, 4) is 11.3 Å². The summed E-state index contributed by atoms with van der Waals surface area (Å²) in [5.41, 5.74) is 5.78. The molecule has 0 saturated carbocycles. The zero-order valence-corrected chi connectivity index (χ0v) is 23.3. The summed E-state index contributed by atoms with van der Waals surface area (Å²) < 4.78 is 15.6. The van der Waals surface area contributed by atoms with Gasteiger partial charge in [-0.05, 0) is 62.6 Å². The maximum absolute atomic E-state index is 15.6. The number of hydrogen-bond acceptors (Lipinski definition) is 7. The average molecular weight is 560 g/mol. The van der Waals surface area contributed by atoms with E-state index in [-0.39, 0.29) is 5.91 Å². The highest BCUT2D eigenvalue weighted by molar-refractivity contribution is 6.31. The molecule has 2 aromatic carbocycles. The lowest BCUT2D eigenvalue weighted by Gasteiger charge is -2.28. The number of alkyl halides is 1. The smallest absolute Gasteiger partial charge is 0.251 e. The van der Waals surface area contributed by atoms with Crippen LogP contribution in [-0.4, -0.2) is 66.9 Å². The van der Waals surface area contributed by atoms with Crippen LogP contribution in [0.3, 0.4) is 0 Å². The highest BCUT2D eigenvalue weighted by atomic mass is 35.5. The van der Waals surface area contributed by atoms with Gasteiger partial charge in [0.25, 0.3) is 5.91 Å². The first-order valence-electron chi connectivity index (χ1n) is 13.0. The van der Waals surface area contributed by atoms with Crippen LogP contribution >= 0.6 is 11.6 Å². The van der Waals surface area contributed by atoms with Gasteiger partial charge in [-0.1, -0.05) is 23.7 Å². The van der Waals surface area contributed by atoms with Crippen LogP contribution in [0.2, 0.25) is 5.02 Å². The molecule has 3 N–H and O–H groups in total. The van der Waals surface area contributed by atoms with E-state index in [0.29, 0.717) is 41.0 Å². The summed E-state index contributed by atoms with van der Waals surface area (Å²) >= 11 is 6.46. The number of halogens is 2. The van der Waals surface area contributed by atoms with Gasteiger partial charge in [0.2, 0.25) is 5.95 Å². The summed E-state index contributed by atoms with van der Waals surface area (Å²) in [5, 5.41) is 9.78. The predicted molar refractivity (Wildman–Crippen MR) is 158 cm³/mol. The monoisotopic (exact) mass is 559 g/mol. The van der Waals surface area contributed by atoms with Gasteiger partial charge in [-0.15, -0.1) is 0 Å². The molecule has 1 aliphatic carbocycles. The van der Waals surface area contributed by atoms with Crippen molar-refractivity contribution in [3.05, 3.63) is 94.3 Å². The Hall–Kier alpha value is -4.08. The molecule has 206 valence electrons. The topological polar surface area (TPSA) is 94.5 Å². The first-order chi connectivity index (χ1) is 19.3. The fourth-order valence-corrected chi connectivity index (χ4v) is 4.97. The number of nitrogens with zero attached hydrogens (tertiary/aromatic N) is 4. The number of benzene rings is 2. The summed E-state index contributed by atoms with van der Waals surface area (Å²) in [7, 11) is 5.60. The zero-order chi connectivity index (χ0) is 28.2. The lowest BCUT2D eigenvalue weighted by atomic mass is 9.84. The Balaban J connectivity index is 1.48. The van der Waals surface area contributed by atoms with Gasteiger partial charge < -0.3 is 20.9 Å². The number of fused-ring (bicyclic) bond motifs is 3. The van der Waals surface area contributed by atoms with Crippen molar-refractivity contribution in [1.82, 2.24) is 25.5 Å². The summed E-state index contributed by atoms with van der Waals surface area (Å²) in [6.07, 6.45) is 5.71. The number of anilines is 2. The van der Waals surface area contributed by atoms with Crippen LogP contribution in [0.5, 0.6) is 0 Å². The number of carbonyl (C=O) groups is 1. The quantitative estimate of drug-likeness (QED) is 0.368. The summed E-state index contributed by atoms with van der Waals surface area (Å²) in [4.78, 5) is 28.2. The maximum Gasteiger partial charge on any atom is 0.251 e. The van der Waals surface area contributed by atoms with E-state index in [1.807, 2.05) is 32.3 Å². The summed E-state index contributed by atoms with van der Waals surface area (Å²) in [6, 6.07) is 12.6. The third kappa shape index (κ3) is 5.90. The van der Waals surface area contributed by atoms with E-state index in [0.717, 1.165) is 34.6 Å². The van der Waals surface area contributed by atoms with Crippen molar-refractivity contribution in [1.29, 1.82) is 0 Å². The fourth-order valence-electron chi connectivity index (χ4n) is 4.79. The number of aliphatic imine (C=N–C) groups is 1. The van der Waals surface area contributed by atoms with E-state index in [1.165, 1.54) is 0 Å². The Morgan fingerprint density at radius 1 is 1.15 bits per heavy atom. The largest absolute Gasteiger partial charge is 0.386 e. The molecule has 0 bridgehead atoms. The third-order valence-electron chi connectivity index (χ3n) is 6.83. The SMILES string of the molecule is CNC(=O)c1ccc(Nc2ncc3c(n2)-c2ccc(Cl)cc2C(C2C(NCCN(C)C)=CC=CC2F)=NC3)cc1. The summed E-state index contributed by atoms with van der Waals surface area (Å²) in [6.45, 7) is 1.79. The molecule has 0 spiro atoms. The van der Waals surface area contributed by atoms with Crippen molar-refractivity contribution in [3.63, 3.8) is 0 Å². The van der Waals surface area contributed by atoms with Crippen LogP contribution in [0.4, 0.5) is 16.0 Å². The molecule has 2 unspecified atom stereocenters. The second kappa shape index (κ2) is 12.0. The number of hydrogen-bond donors (Lipinski definition) is 3. The molecule has 8 nitrogen and oxygen atoms in total. The van der Waals surface area contributed by atoms with Crippen LogP contribution in [0, 0.1) is 5.92 Å². The molecule has 40 heavy (non-hydrogen) atoms. The molecule has 1 aromatic heterocycles. The Morgan fingerprint density at radius 2 is 1.95 bits per heavy atom. The van der Waals surface area contributed by atoms with Gasteiger partial charge in [0.1, 0.15) is 6.17 Å². The van der Waals surface area contributed by atoms with Gasteiger partial charge in [-0.3, -0.25) is 9.79 Å². The van der Waals surface area contributed by atoms with E-state index in [1.54, 1.807) is 55.7 Å². The van der Waals surface area contributed by atoms with Crippen molar-refractivity contribution >= 4 is 34.9 Å². The van der Waals surface area contributed by atoms with Gasteiger partial charge in [0, 0.05) is 65.0 Å². The van der Waals surface area contributed by atoms with E-state index in [2.05, 4.69) is 25.8 Å². The van der Waals surface area contributed by atoms with E-state index < -0.39 is 12.1 Å². The zero-order valence-electron chi connectivity index (χ0n) is 22.6. The number of rotatable bonds is 8. The number of amides is 1. The van der Waals surface area contributed by atoms with Crippen LogP contribution in [-0.2, 0) is 6.54 Å². The molecule has 2 heterocycles. The van der Waals surface area contributed by atoms with Crippen molar-refractivity contribution < 1.29 is 9.18 Å². The molecular weight excluding hydrogens is 529 g/mol. The number of likely N-dealkylation sites (N-methyl/N-ethyl adjacent to an activating group) is 1. The highest BCUT2D eigenvalue weighted by Crippen LogP contribution is 2.37. The van der Waals surface area contributed by atoms with Gasteiger partial charge in [0.15, 0.2) is 0 Å². The summed E-state index contributed by atoms with van der Waals surface area (Å²) in [5.74, 6) is -0.373. The molecule has 10 heteroatoms. The standard InChI is InChI=1S/C30H31ClFN7O/c1-33-29(40)18-7-10-21(11-8-18)37-30-36-17-19-16-35-28(23-15-20(31)9-12-22(23)27(19)38-30)26-24(32)5-4-6-25(26)34-13-14-39(2)3/h4-12,15,17,24,26,34H,13-14,16H2,1-3H3,(H,33,40)(H,36,37,38). The number of nitrogens with one attached hydrogen (secondary N) is 3. The predicted octanol–water partition coefficient (Wildman–Crippen LogP) is 4.76. The van der Waals surface area contributed by atoms with Gasteiger partial charge >= 0.3 is 0 Å². The number of allylic oxidation sites excluding steroid dienone is 4. The molecule has 0 radical (unpaired) electrons. The molecule has 0 saturated heterocycles. The van der Waals surface area contributed by atoms with Crippen molar-refractivity contribution in [2.45, 2.75) is 12.7 Å². The number of carbonyl (C=O) groups excluding carboxylic acids is 1. The first-order valence-corrected chi connectivity index (χ1v) is 13.4. The molecule has 2 aliphatic rings. The van der Waals surface area contributed by atoms with Gasteiger partial charge in [0.05, 0.1) is 23.9 Å². The first kappa shape index (κ1) is 27.5. The second-order valence-electron chi connectivity index (χ2n) is 9.90. The van der Waals surface area contributed by atoms with E-state index in [4.69, 9.17) is 21.6 Å². The molecule has 5 rings (SSSR count). The van der Waals surface area contributed by atoms with Gasteiger partial charge in [-0.25, -0.2) is 14.4 Å². The Labute approximate surface area is 238 Å². The van der Waals surface area contributed by atoms with Crippen molar-refractivity contribution in [2.75, 3.05) is 39.5 Å². The normalized spacial score (nSPS) is 17.8. The molecule has 3 aromatic rings. The minimum atomic E-state index is -1.25. The molecule has 0 fully saturated rings. The van der Waals surface area contributed by atoms with Crippen LogP contribution in [0.1, 0.15) is 21.5 Å². The maximum atomic E-state index is 15.6. The van der Waals surface area contributed by atoms with E-state index >= 15 is 4.39 Å². The fraction of sp³-hybridized carbons (Fsp3) is 0.267. The second-order valence-corrected chi connectivity index (χ2v) is 10.3. The van der Waals surface area contributed by atoms with Crippen molar-refractivity contribution in [2.24, 2.45) is 10.9 Å². The van der Waals surface area contributed by atoms with Crippen LogP contribution in [0.25, 0.3) is 11.3 Å². The Morgan fingerprint density at radius 3 is 2.70 bits per heavy atom. The lowest BCUT2D eigenvalue weighted by Crippen LogP contribution is -2.37. The Kier molecular flexibility index (Phi) is 8.23. The minimum Gasteiger partial charge on any atom is -0.386 e. The third-order valence-corrected chi connectivity index (χ3v) is 7.07. The Bertz CT molecular complexity index is 1500. The molecule has 1 aliphatic heterocycles. The lowest BCUT2D eigenvalue weighted by molar-refractivity contribution is 0.0963. The van der Waals surface area contributed by atoms with E-state index in [9.17, 15) is 4.79 Å². The average Bonchev–Trinajstić information content (AvgIpc) is 3.09. The van der Waals surface area contributed by atoms with Crippen LogP contribution in [0.15, 0.2) is 77.6 Å². The van der Waals surface area contributed by atoms with Crippen LogP contribution < -0.4 is 16.0 Å².